The molecular weight excluding hydrogens is 221 g/mol. The predicted octanol–water partition coefficient (Wildman–Crippen LogP) is 2.17. The molecule has 1 aromatic rings. The van der Waals surface area contributed by atoms with Crippen molar-refractivity contribution in [2.24, 2.45) is 0 Å². The lowest BCUT2D eigenvalue weighted by atomic mass is 10.1. The van der Waals surface area contributed by atoms with Gasteiger partial charge in [0.1, 0.15) is 5.82 Å². The first kappa shape index (κ1) is 11.8. The molecule has 0 saturated heterocycles. The molecule has 0 bridgehead atoms. The number of carbonyl (C=O) groups is 1. The molecule has 0 amide bonds. The second-order valence-corrected chi connectivity index (χ2v) is 3.30. The van der Waals surface area contributed by atoms with Crippen LogP contribution in [0.4, 0.5) is 10.1 Å². The maximum Gasteiger partial charge on any atom is 0.310 e. The van der Waals surface area contributed by atoms with Crippen LogP contribution in [0, 0.1) is 5.82 Å². The van der Waals surface area contributed by atoms with Gasteiger partial charge in [0.25, 0.3) is 0 Å². The van der Waals surface area contributed by atoms with Crippen LogP contribution < -0.4 is 5.73 Å². The van der Waals surface area contributed by atoms with E-state index in [9.17, 15) is 9.18 Å². The minimum Gasteiger partial charge on any atom is -0.466 e. The van der Waals surface area contributed by atoms with Gasteiger partial charge in [-0.05, 0) is 13.0 Å². The van der Waals surface area contributed by atoms with E-state index in [0.29, 0.717) is 0 Å². The number of hydrogen-bond acceptors (Lipinski definition) is 3. The Morgan fingerprint density at radius 2 is 2.27 bits per heavy atom. The summed E-state index contributed by atoms with van der Waals surface area (Å²) in [5, 5.41) is -0.156. The Balaban J connectivity index is 2.87. The molecule has 0 fully saturated rings. The fourth-order valence-corrected chi connectivity index (χ4v) is 1.29. The summed E-state index contributed by atoms with van der Waals surface area (Å²) in [4.78, 5) is 11.1. The summed E-state index contributed by atoms with van der Waals surface area (Å²) in [5.41, 5.74) is 5.73. The summed E-state index contributed by atoms with van der Waals surface area (Å²) in [5.74, 6) is -1.15. The van der Waals surface area contributed by atoms with Crippen LogP contribution in [-0.4, -0.2) is 12.6 Å². The van der Waals surface area contributed by atoms with Crippen molar-refractivity contribution in [2.45, 2.75) is 13.3 Å². The van der Waals surface area contributed by atoms with Crippen LogP contribution in [0.15, 0.2) is 12.1 Å². The van der Waals surface area contributed by atoms with Crippen molar-refractivity contribution in [3.63, 3.8) is 0 Å². The van der Waals surface area contributed by atoms with E-state index in [2.05, 4.69) is 0 Å². The van der Waals surface area contributed by atoms with Crippen molar-refractivity contribution in [1.29, 1.82) is 0 Å². The first-order valence-electron chi connectivity index (χ1n) is 4.44. The molecule has 15 heavy (non-hydrogen) atoms. The summed E-state index contributed by atoms with van der Waals surface area (Å²) in [7, 11) is 0. The molecule has 0 saturated carbocycles. The lowest BCUT2D eigenvalue weighted by molar-refractivity contribution is -0.142. The number of esters is 1. The molecule has 0 spiro atoms. The zero-order valence-electron chi connectivity index (χ0n) is 8.22. The molecule has 3 nitrogen and oxygen atoms in total. The standard InChI is InChI=1S/C10H11ClFNO2/c1-2-15-8(14)5-6-3-4-7(13)9(11)10(6)12/h3-4H,2,5,13H2,1H3. The fraction of sp³-hybridized carbons (Fsp3) is 0.300. The Kier molecular flexibility index (Phi) is 3.91. The van der Waals surface area contributed by atoms with Gasteiger partial charge in [-0.3, -0.25) is 4.79 Å². The van der Waals surface area contributed by atoms with Gasteiger partial charge >= 0.3 is 5.97 Å². The molecule has 0 aliphatic carbocycles. The van der Waals surface area contributed by atoms with Gasteiger partial charge in [-0.2, -0.15) is 0 Å². The third-order valence-electron chi connectivity index (χ3n) is 1.83. The number of hydrogen-bond donors (Lipinski definition) is 1. The number of benzene rings is 1. The van der Waals surface area contributed by atoms with Crippen LogP contribution in [0.5, 0.6) is 0 Å². The van der Waals surface area contributed by atoms with E-state index in [0.717, 1.165) is 0 Å². The maximum absolute atomic E-state index is 13.4. The van der Waals surface area contributed by atoms with Gasteiger partial charge < -0.3 is 10.5 Å². The van der Waals surface area contributed by atoms with E-state index in [1.54, 1.807) is 6.92 Å². The van der Waals surface area contributed by atoms with Gasteiger partial charge in [0, 0.05) is 5.56 Å². The first-order valence-corrected chi connectivity index (χ1v) is 4.82. The summed E-state index contributed by atoms with van der Waals surface area (Å²) >= 11 is 5.59. The van der Waals surface area contributed by atoms with Gasteiger partial charge in [0.2, 0.25) is 0 Å². The van der Waals surface area contributed by atoms with Gasteiger partial charge in [0.05, 0.1) is 23.7 Å². The Bertz CT molecular complexity index is 382. The van der Waals surface area contributed by atoms with Crippen LogP contribution in [0.3, 0.4) is 0 Å². The normalized spacial score (nSPS) is 10.1. The number of rotatable bonds is 3. The molecular formula is C10H11ClFNO2. The summed E-state index contributed by atoms with van der Waals surface area (Å²) in [6.07, 6.45) is -0.139. The van der Waals surface area contributed by atoms with Crippen LogP contribution >= 0.6 is 11.6 Å². The summed E-state index contributed by atoms with van der Waals surface area (Å²) in [6.45, 7) is 1.95. The molecule has 1 rings (SSSR count). The topological polar surface area (TPSA) is 52.3 Å². The zero-order chi connectivity index (χ0) is 11.4. The highest BCUT2D eigenvalue weighted by molar-refractivity contribution is 6.33. The third kappa shape index (κ3) is 2.83. The first-order chi connectivity index (χ1) is 7.06. The number of ether oxygens (including phenoxy) is 1. The minimum absolute atomic E-state index is 0.139. The molecule has 0 radical (unpaired) electrons. The monoisotopic (exact) mass is 231 g/mol. The van der Waals surface area contributed by atoms with Crippen molar-refractivity contribution in [3.8, 4) is 0 Å². The molecule has 1 aromatic carbocycles. The van der Waals surface area contributed by atoms with E-state index in [4.69, 9.17) is 22.1 Å². The molecule has 0 aliphatic rings. The van der Waals surface area contributed by atoms with Crippen LogP contribution in [-0.2, 0) is 16.0 Å². The van der Waals surface area contributed by atoms with E-state index in [1.165, 1.54) is 12.1 Å². The quantitative estimate of drug-likeness (QED) is 0.641. The average molecular weight is 232 g/mol. The Labute approximate surface area is 92.0 Å². The fourth-order valence-electron chi connectivity index (χ4n) is 1.11. The summed E-state index contributed by atoms with van der Waals surface area (Å²) < 4.78 is 18.1. The lowest BCUT2D eigenvalue weighted by Crippen LogP contribution is -2.09. The molecule has 0 aromatic heterocycles. The highest BCUT2D eigenvalue weighted by atomic mass is 35.5. The lowest BCUT2D eigenvalue weighted by Gasteiger charge is -2.06. The third-order valence-corrected chi connectivity index (χ3v) is 2.22. The van der Waals surface area contributed by atoms with Crippen molar-refractivity contribution in [3.05, 3.63) is 28.5 Å². The smallest absolute Gasteiger partial charge is 0.310 e. The average Bonchev–Trinajstić information content (AvgIpc) is 2.20. The van der Waals surface area contributed by atoms with Gasteiger partial charge in [-0.25, -0.2) is 4.39 Å². The largest absolute Gasteiger partial charge is 0.466 e. The van der Waals surface area contributed by atoms with Crippen molar-refractivity contribution in [1.82, 2.24) is 0 Å². The molecule has 0 aliphatic heterocycles. The molecule has 0 unspecified atom stereocenters. The number of nitrogen functional groups attached to an aromatic ring is 1. The van der Waals surface area contributed by atoms with E-state index < -0.39 is 11.8 Å². The molecule has 82 valence electrons. The Morgan fingerprint density at radius 1 is 1.60 bits per heavy atom. The van der Waals surface area contributed by atoms with Gasteiger partial charge in [-0.1, -0.05) is 17.7 Å². The zero-order valence-corrected chi connectivity index (χ0v) is 8.97. The highest BCUT2D eigenvalue weighted by Crippen LogP contribution is 2.25. The number of anilines is 1. The van der Waals surface area contributed by atoms with E-state index >= 15 is 0 Å². The second-order valence-electron chi connectivity index (χ2n) is 2.92. The molecule has 0 atom stereocenters. The molecule has 5 heteroatoms. The Morgan fingerprint density at radius 3 is 2.87 bits per heavy atom. The number of nitrogens with two attached hydrogens (primary N) is 1. The number of carbonyl (C=O) groups excluding carboxylic acids is 1. The predicted molar refractivity (Wildman–Crippen MR) is 56.2 cm³/mol. The van der Waals surface area contributed by atoms with E-state index in [-0.39, 0.29) is 29.3 Å². The number of halogens is 2. The Hall–Kier alpha value is -1.29. The van der Waals surface area contributed by atoms with Crippen LogP contribution in [0.1, 0.15) is 12.5 Å². The van der Waals surface area contributed by atoms with Crippen molar-refractivity contribution in [2.75, 3.05) is 12.3 Å². The van der Waals surface area contributed by atoms with Crippen molar-refractivity contribution >= 4 is 23.3 Å². The highest BCUT2D eigenvalue weighted by Gasteiger charge is 2.13. The van der Waals surface area contributed by atoms with Crippen molar-refractivity contribution < 1.29 is 13.9 Å². The summed E-state index contributed by atoms with van der Waals surface area (Å²) in [6, 6.07) is 2.88. The maximum atomic E-state index is 13.4. The van der Waals surface area contributed by atoms with Gasteiger partial charge in [0.15, 0.2) is 0 Å². The SMILES string of the molecule is CCOC(=O)Cc1ccc(N)c(Cl)c1F. The van der Waals surface area contributed by atoms with Crippen LogP contribution in [0.2, 0.25) is 5.02 Å². The van der Waals surface area contributed by atoms with E-state index in [1.807, 2.05) is 0 Å². The second kappa shape index (κ2) is 4.98. The van der Waals surface area contributed by atoms with Gasteiger partial charge in [-0.15, -0.1) is 0 Å². The molecule has 2 N–H and O–H groups in total. The van der Waals surface area contributed by atoms with Crippen LogP contribution in [0.25, 0.3) is 0 Å². The molecule has 0 heterocycles. The minimum atomic E-state index is -0.662.